The van der Waals surface area contributed by atoms with Crippen LogP contribution in [0.3, 0.4) is 0 Å². The zero-order chi connectivity index (χ0) is 9.54. The third-order valence-corrected chi connectivity index (χ3v) is 4.54. The van der Waals surface area contributed by atoms with Crippen LogP contribution in [-0.4, -0.2) is 9.57 Å². The van der Waals surface area contributed by atoms with Crippen molar-refractivity contribution in [2.24, 2.45) is 0 Å². The summed E-state index contributed by atoms with van der Waals surface area (Å²) >= 11 is 7.05. The lowest BCUT2D eigenvalue weighted by molar-refractivity contribution is 0.561. The fraction of sp³-hybridized carbons (Fsp3) is 0.364. The van der Waals surface area contributed by atoms with E-state index in [9.17, 15) is 0 Å². The minimum atomic E-state index is 0.470. The van der Waals surface area contributed by atoms with Crippen LogP contribution in [0.5, 0.6) is 0 Å². The molecule has 1 fully saturated rings. The second kappa shape index (κ2) is 3.24. The predicted octanol–water partition coefficient (Wildman–Crippen LogP) is 2.66. The van der Waals surface area contributed by atoms with Gasteiger partial charge in [0.1, 0.15) is 4.32 Å². The zero-order valence-electron chi connectivity index (χ0n) is 7.69. The summed E-state index contributed by atoms with van der Waals surface area (Å²) in [7, 11) is 0. The standard InChI is InChI=1S/C11H11NS2/c13-11-12-10-8-4-2-1-3-7(8)5-6-9(10)14-11/h1-4,9-10H,5-6H2,(H,12,13). The van der Waals surface area contributed by atoms with Crippen LogP contribution >= 0.6 is 24.0 Å². The molecule has 1 aromatic carbocycles. The summed E-state index contributed by atoms with van der Waals surface area (Å²) in [6.07, 6.45) is 2.45. The van der Waals surface area contributed by atoms with Crippen LogP contribution in [0.4, 0.5) is 0 Å². The van der Waals surface area contributed by atoms with Gasteiger partial charge in [0, 0.05) is 5.25 Å². The van der Waals surface area contributed by atoms with Crippen molar-refractivity contribution < 1.29 is 0 Å². The number of benzene rings is 1. The maximum atomic E-state index is 5.21. The molecule has 14 heavy (non-hydrogen) atoms. The molecule has 1 aliphatic carbocycles. The molecule has 0 bridgehead atoms. The van der Waals surface area contributed by atoms with Crippen LogP contribution in [0.2, 0.25) is 0 Å². The normalized spacial score (nSPS) is 29.3. The van der Waals surface area contributed by atoms with Gasteiger partial charge in [-0.05, 0) is 24.0 Å². The number of hydrogen-bond donors (Lipinski definition) is 1. The highest BCUT2D eigenvalue weighted by atomic mass is 32.2. The topological polar surface area (TPSA) is 12.0 Å². The van der Waals surface area contributed by atoms with E-state index >= 15 is 0 Å². The van der Waals surface area contributed by atoms with Crippen LogP contribution in [0.1, 0.15) is 23.6 Å². The van der Waals surface area contributed by atoms with Crippen LogP contribution in [0.25, 0.3) is 0 Å². The van der Waals surface area contributed by atoms with Gasteiger partial charge in [0.2, 0.25) is 0 Å². The van der Waals surface area contributed by atoms with Gasteiger partial charge in [0.25, 0.3) is 0 Å². The average Bonchev–Trinajstić information content (AvgIpc) is 2.59. The average molecular weight is 221 g/mol. The van der Waals surface area contributed by atoms with E-state index < -0.39 is 0 Å². The molecule has 1 heterocycles. The minimum absolute atomic E-state index is 0.470. The number of thiocarbonyl (C=S) groups is 1. The van der Waals surface area contributed by atoms with Gasteiger partial charge in [0.15, 0.2) is 0 Å². The number of rotatable bonds is 0. The van der Waals surface area contributed by atoms with Crippen LogP contribution < -0.4 is 5.32 Å². The van der Waals surface area contributed by atoms with E-state index in [2.05, 4.69) is 29.6 Å². The van der Waals surface area contributed by atoms with E-state index in [0.29, 0.717) is 11.3 Å². The summed E-state index contributed by atoms with van der Waals surface area (Å²) in [6, 6.07) is 9.18. The van der Waals surface area contributed by atoms with E-state index in [1.54, 1.807) is 0 Å². The van der Waals surface area contributed by atoms with Crippen molar-refractivity contribution in [1.29, 1.82) is 0 Å². The number of nitrogens with one attached hydrogen (secondary N) is 1. The van der Waals surface area contributed by atoms with Gasteiger partial charge in [0.05, 0.1) is 6.04 Å². The Morgan fingerprint density at radius 1 is 1.36 bits per heavy atom. The van der Waals surface area contributed by atoms with Crippen molar-refractivity contribution in [2.75, 3.05) is 0 Å². The molecule has 2 atom stereocenters. The van der Waals surface area contributed by atoms with Crippen molar-refractivity contribution in [2.45, 2.75) is 24.1 Å². The lowest BCUT2D eigenvalue weighted by Gasteiger charge is -2.26. The fourth-order valence-electron chi connectivity index (χ4n) is 2.33. The molecule has 2 unspecified atom stereocenters. The third-order valence-electron chi connectivity index (χ3n) is 2.99. The molecular formula is C11H11NS2. The van der Waals surface area contributed by atoms with Crippen LogP contribution in [0, 0.1) is 0 Å². The highest BCUT2D eigenvalue weighted by Gasteiger charge is 2.35. The summed E-state index contributed by atoms with van der Waals surface area (Å²) < 4.78 is 0.969. The van der Waals surface area contributed by atoms with E-state index in [1.165, 1.54) is 24.0 Å². The smallest absolute Gasteiger partial charge is 0.134 e. The lowest BCUT2D eigenvalue weighted by atomic mass is 9.87. The Balaban J connectivity index is 2.05. The quantitative estimate of drug-likeness (QED) is 0.676. The summed E-state index contributed by atoms with van der Waals surface area (Å²) in [5.74, 6) is 0. The maximum Gasteiger partial charge on any atom is 0.134 e. The summed E-state index contributed by atoms with van der Waals surface area (Å²) in [5, 5.41) is 4.07. The van der Waals surface area contributed by atoms with Gasteiger partial charge in [-0.2, -0.15) is 0 Å². The summed E-state index contributed by atoms with van der Waals surface area (Å²) in [5.41, 5.74) is 2.95. The number of hydrogen-bond acceptors (Lipinski definition) is 2. The largest absolute Gasteiger partial charge is 0.363 e. The molecule has 1 N–H and O–H groups in total. The van der Waals surface area contributed by atoms with E-state index in [4.69, 9.17) is 12.2 Å². The zero-order valence-corrected chi connectivity index (χ0v) is 9.33. The minimum Gasteiger partial charge on any atom is -0.363 e. The Kier molecular flexibility index (Phi) is 2.03. The second-order valence-electron chi connectivity index (χ2n) is 3.80. The van der Waals surface area contributed by atoms with Gasteiger partial charge in [-0.25, -0.2) is 0 Å². The first-order valence-corrected chi connectivity index (χ1v) is 6.18. The second-order valence-corrected chi connectivity index (χ2v) is 5.72. The van der Waals surface area contributed by atoms with Crippen molar-refractivity contribution in [1.82, 2.24) is 5.32 Å². The molecule has 0 saturated carbocycles. The number of aryl methyl sites for hydroxylation is 1. The SMILES string of the molecule is S=C1NC2c3ccccc3CCC2S1. The Morgan fingerprint density at radius 2 is 2.21 bits per heavy atom. The highest BCUT2D eigenvalue weighted by Crippen LogP contribution is 2.41. The first kappa shape index (κ1) is 8.74. The fourth-order valence-corrected chi connectivity index (χ4v) is 3.88. The molecular weight excluding hydrogens is 210 g/mol. The molecule has 1 aromatic rings. The van der Waals surface area contributed by atoms with Gasteiger partial charge < -0.3 is 5.32 Å². The Labute approximate surface area is 93.3 Å². The van der Waals surface area contributed by atoms with Crippen LogP contribution in [-0.2, 0) is 6.42 Å². The molecule has 2 aliphatic rings. The van der Waals surface area contributed by atoms with Crippen molar-refractivity contribution in [3.05, 3.63) is 35.4 Å². The molecule has 3 heteroatoms. The summed E-state index contributed by atoms with van der Waals surface area (Å²) in [4.78, 5) is 0. The van der Waals surface area contributed by atoms with E-state index in [1.807, 2.05) is 11.8 Å². The Morgan fingerprint density at radius 3 is 3.14 bits per heavy atom. The molecule has 0 amide bonds. The summed E-state index contributed by atoms with van der Waals surface area (Å²) in [6.45, 7) is 0. The molecule has 72 valence electrons. The van der Waals surface area contributed by atoms with Crippen molar-refractivity contribution in [3.8, 4) is 0 Å². The van der Waals surface area contributed by atoms with Gasteiger partial charge in [-0.15, -0.1) is 0 Å². The molecule has 3 rings (SSSR count). The molecule has 0 spiro atoms. The monoisotopic (exact) mass is 221 g/mol. The van der Waals surface area contributed by atoms with Gasteiger partial charge in [-0.1, -0.05) is 48.2 Å². The van der Waals surface area contributed by atoms with Crippen LogP contribution in [0.15, 0.2) is 24.3 Å². The van der Waals surface area contributed by atoms with Crippen molar-refractivity contribution in [3.63, 3.8) is 0 Å². The molecule has 1 aliphatic heterocycles. The van der Waals surface area contributed by atoms with E-state index in [0.717, 1.165) is 4.32 Å². The van der Waals surface area contributed by atoms with Gasteiger partial charge in [-0.3, -0.25) is 0 Å². The lowest BCUT2D eigenvalue weighted by Crippen LogP contribution is -2.27. The molecule has 0 radical (unpaired) electrons. The highest BCUT2D eigenvalue weighted by molar-refractivity contribution is 8.23. The maximum absolute atomic E-state index is 5.21. The molecule has 1 saturated heterocycles. The predicted molar refractivity (Wildman–Crippen MR) is 64.6 cm³/mol. The van der Waals surface area contributed by atoms with Gasteiger partial charge >= 0.3 is 0 Å². The first-order valence-electron chi connectivity index (χ1n) is 4.89. The third kappa shape index (κ3) is 1.27. The first-order chi connectivity index (χ1) is 6.84. The molecule has 0 aromatic heterocycles. The number of thioether (sulfide) groups is 1. The Bertz CT molecular complexity index is 389. The molecule has 1 nitrogen and oxygen atoms in total. The Hall–Kier alpha value is -0.540. The van der Waals surface area contributed by atoms with Crippen molar-refractivity contribution >= 4 is 28.3 Å². The number of fused-ring (bicyclic) bond motifs is 3. The van der Waals surface area contributed by atoms with E-state index in [-0.39, 0.29) is 0 Å².